The van der Waals surface area contributed by atoms with E-state index in [0.29, 0.717) is 24.5 Å². The molecule has 6 nitrogen and oxygen atoms in total. The van der Waals surface area contributed by atoms with Crippen molar-refractivity contribution in [3.63, 3.8) is 0 Å². The summed E-state index contributed by atoms with van der Waals surface area (Å²) in [6.45, 7) is 3.15. The molecule has 10 heteroatoms. The van der Waals surface area contributed by atoms with Crippen LogP contribution >= 0.6 is 11.3 Å². The van der Waals surface area contributed by atoms with Gasteiger partial charge in [0.2, 0.25) is 0 Å². The summed E-state index contributed by atoms with van der Waals surface area (Å²) in [7, 11) is 0. The van der Waals surface area contributed by atoms with Crippen molar-refractivity contribution in [3.8, 4) is 11.4 Å². The van der Waals surface area contributed by atoms with Gasteiger partial charge < -0.3 is 10.2 Å². The zero-order valence-electron chi connectivity index (χ0n) is 15.6. The second-order valence-electron chi connectivity index (χ2n) is 6.87. The summed E-state index contributed by atoms with van der Waals surface area (Å²) in [5.74, 6) is 0.346. The number of pyridine rings is 1. The topological polar surface area (TPSA) is 66.8 Å². The molecule has 4 heterocycles. The number of anilines is 2. The molecule has 1 saturated heterocycles. The highest BCUT2D eigenvalue weighted by molar-refractivity contribution is 7.13. The van der Waals surface area contributed by atoms with Crippen LogP contribution in [0.15, 0.2) is 36.0 Å². The molecule has 4 rings (SSSR count). The molecule has 0 unspecified atom stereocenters. The summed E-state index contributed by atoms with van der Waals surface area (Å²) in [5.41, 5.74) is 0.537. The molecule has 0 radical (unpaired) electrons. The number of aryl methyl sites for hydroxylation is 1. The number of halogens is 3. The van der Waals surface area contributed by atoms with Crippen LogP contribution in [0.5, 0.6) is 0 Å². The fourth-order valence-corrected chi connectivity index (χ4v) is 3.99. The summed E-state index contributed by atoms with van der Waals surface area (Å²) in [6, 6.07) is 4.47. The van der Waals surface area contributed by atoms with Crippen molar-refractivity contribution in [2.45, 2.75) is 32.0 Å². The Hall–Kier alpha value is -2.75. The first-order chi connectivity index (χ1) is 13.9. The second-order valence-corrected chi connectivity index (χ2v) is 7.73. The minimum Gasteiger partial charge on any atom is -0.359 e. The second kappa shape index (κ2) is 7.94. The maximum atomic E-state index is 13.4. The molecule has 0 amide bonds. The van der Waals surface area contributed by atoms with Crippen LogP contribution in [-0.2, 0) is 6.18 Å². The van der Waals surface area contributed by atoms with Crippen molar-refractivity contribution in [2.24, 2.45) is 0 Å². The molecular formula is C19H19F3N6S. The molecule has 29 heavy (non-hydrogen) atoms. The smallest absolute Gasteiger partial charge is 0.359 e. The van der Waals surface area contributed by atoms with Crippen LogP contribution in [0.3, 0.4) is 0 Å². The minimum absolute atomic E-state index is 0.0516. The van der Waals surface area contributed by atoms with E-state index in [1.807, 2.05) is 17.2 Å². The van der Waals surface area contributed by atoms with Gasteiger partial charge in [-0.3, -0.25) is 4.98 Å². The van der Waals surface area contributed by atoms with Crippen LogP contribution in [0.25, 0.3) is 11.4 Å². The van der Waals surface area contributed by atoms with E-state index in [4.69, 9.17) is 0 Å². The molecule has 0 aromatic carbocycles. The van der Waals surface area contributed by atoms with Crippen LogP contribution in [0.1, 0.15) is 24.2 Å². The average molecular weight is 420 g/mol. The Balaban J connectivity index is 1.53. The number of aromatic nitrogens is 4. The molecule has 3 aromatic heterocycles. The van der Waals surface area contributed by atoms with E-state index in [2.05, 4.69) is 25.3 Å². The molecule has 0 aliphatic carbocycles. The van der Waals surface area contributed by atoms with Crippen molar-refractivity contribution >= 4 is 22.3 Å². The predicted molar refractivity (Wildman–Crippen MR) is 106 cm³/mol. The van der Waals surface area contributed by atoms with Gasteiger partial charge in [-0.05, 0) is 31.9 Å². The third-order valence-corrected chi connectivity index (χ3v) is 5.60. The summed E-state index contributed by atoms with van der Waals surface area (Å²) >= 11 is 1.56. The summed E-state index contributed by atoms with van der Waals surface area (Å²) < 4.78 is 40.2. The van der Waals surface area contributed by atoms with Gasteiger partial charge in [0.1, 0.15) is 5.82 Å². The summed E-state index contributed by atoms with van der Waals surface area (Å²) in [5, 5.41) is 6.27. The summed E-state index contributed by atoms with van der Waals surface area (Å²) in [4.78, 5) is 18.3. The van der Waals surface area contributed by atoms with Gasteiger partial charge in [-0.25, -0.2) is 15.0 Å². The van der Waals surface area contributed by atoms with Crippen molar-refractivity contribution in [3.05, 3.63) is 47.4 Å². The number of alkyl halides is 3. The molecule has 0 spiro atoms. The monoisotopic (exact) mass is 420 g/mol. The van der Waals surface area contributed by atoms with Gasteiger partial charge in [-0.15, -0.1) is 11.3 Å². The Morgan fingerprint density at radius 2 is 1.83 bits per heavy atom. The van der Waals surface area contributed by atoms with Gasteiger partial charge in [0.05, 0.1) is 5.69 Å². The van der Waals surface area contributed by atoms with E-state index >= 15 is 0 Å². The number of piperidine rings is 1. The fourth-order valence-electron chi connectivity index (χ4n) is 3.22. The van der Waals surface area contributed by atoms with Crippen molar-refractivity contribution in [2.75, 3.05) is 23.3 Å². The van der Waals surface area contributed by atoms with Crippen molar-refractivity contribution in [1.82, 2.24) is 19.9 Å². The molecule has 1 N–H and O–H groups in total. The molecule has 1 fully saturated rings. The van der Waals surface area contributed by atoms with Gasteiger partial charge in [-0.2, -0.15) is 13.2 Å². The van der Waals surface area contributed by atoms with Crippen molar-refractivity contribution in [1.29, 1.82) is 0 Å². The van der Waals surface area contributed by atoms with Crippen molar-refractivity contribution < 1.29 is 13.2 Å². The maximum Gasteiger partial charge on any atom is 0.433 e. The van der Waals surface area contributed by atoms with Gasteiger partial charge >= 0.3 is 6.18 Å². The lowest BCUT2D eigenvalue weighted by molar-refractivity contribution is -0.141. The number of thiazole rings is 1. The third kappa shape index (κ3) is 4.64. The van der Waals surface area contributed by atoms with E-state index in [1.54, 1.807) is 23.5 Å². The van der Waals surface area contributed by atoms with E-state index in [9.17, 15) is 13.2 Å². The molecule has 1 aliphatic heterocycles. The van der Waals surface area contributed by atoms with E-state index in [0.717, 1.165) is 29.7 Å². The number of hydrogen-bond acceptors (Lipinski definition) is 7. The van der Waals surface area contributed by atoms with Crippen LogP contribution in [-0.4, -0.2) is 39.1 Å². The quantitative estimate of drug-likeness (QED) is 0.675. The molecule has 0 atom stereocenters. The highest BCUT2D eigenvalue weighted by atomic mass is 32.1. The standard InChI is InChI=1S/C19H19F3N6S/c1-12-11-29-18(24-12)25-14-4-8-28(9-5-14)16-10-15(19(20,21)22)26-17(27-16)13-2-6-23-7-3-13/h2-3,6-7,10-11,14H,4-5,8-9H2,1H3,(H,24,25). The van der Waals surface area contributed by atoms with E-state index in [-0.39, 0.29) is 11.9 Å². The lowest BCUT2D eigenvalue weighted by atomic mass is 10.1. The molecule has 3 aromatic rings. The first kappa shape index (κ1) is 19.6. The van der Waals surface area contributed by atoms with Crippen LogP contribution in [0, 0.1) is 6.92 Å². The fraction of sp³-hybridized carbons (Fsp3) is 0.368. The third-order valence-electron chi connectivity index (χ3n) is 4.71. The van der Waals surface area contributed by atoms with Gasteiger partial charge in [0.25, 0.3) is 0 Å². The molecule has 0 bridgehead atoms. The number of nitrogens with zero attached hydrogens (tertiary/aromatic N) is 5. The molecule has 1 aliphatic rings. The minimum atomic E-state index is -4.54. The number of rotatable bonds is 4. The first-order valence-corrected chi connectivity index (χ1v) is 10.1. The van der Waals surface area contributed by atoms with Crippen LogP contribution in [0.2, 0.25) is 0 Å². The maximum absolute atomic E-state index is 13.4. The first-order valence-electron chi connectivity index (χ1n) is 9.19. The Morgan fingerprint density at radius 3 is 2.45 bits per heavy atom. The number of nitrogens with one attached hydrogen (secondary N) is 1. The Kier molecular flexibility index (Phi) is 5.35. The van der Waals surface area contributed by atoms with Gasteiger partial charge in [0, 0.05) is 48.5 Å². The lowest BCUT2D eigenvalue weighted by Crippen LogP contribution is -2.39. The van der Waals surface area contributed by atoms with Gasteiger partial charge in [-0.1, -0.05) is 0 Å². The zero-order chi connectivity index (χ0) is 20.4. The zero-order valence-corrected chi connectivity index (χ0v) is 16.5. The SMILES string of the molecule is Cc1csc(NC2CCN(c3cc(C(F)(F)F)nc(-c4ccncc4)n3)CC2)n1. The normalized spacial score (nSPS) is 15.5. The predicted octanol–water partition coefficient (Wildman–Crippen LogP) is 4.40. The Morgan fingerprint density at radius 1 is 1.10 bits per heavy atom. The highest BCUT2D eigenvalue weighted by Crippen LogP contribution is 2.32. The Labute approximate surface area is 169 Å². The van der Waals surface area contributed by atoms with Crippen LogP contribution in [0.4, 0.5) is 24.1 Å². The lowest BCUT2D eigenvalue weighted by Gasteiger charge is -2.33. The average Bonchev–Trinajstić information content (AvgIpc) is 3.13. The number of hydrogen-bond donors (Lipinski definition) is 1. The van der Waals surface area contributed by atoms with Gasteiger partial charge in [0.15, 0.2) is 16.6 Å². The van der Waals surface area contributed by atoms with Crippen LogP contribution < -0.4 is 10.2 Å². The summed E-state index contributed by atoms with van der Waals surface area (Å²) in [6.07, 6.45) is 0.0530. The van der Waals surface area contributed by atoms with E-state index in [1.165, 1.54) is 12.4 Å². The Bertz CT molecular complexity index is 968. The molecule has 152 valence electrons. The highest BCUT2D eigenvalue weighted by Gasteiger charge is 2.34. The molecule has 0 saturated carbocycles. The largest absolute Gasteiger partial charge is 0.433 e. The molecular weight excluding hydrogens is 401 g/mol. The van der Waals surface area contributed by atoms with E-state index < -0.39 is 11.9 Å².